The summed E-state index contributed by atoms with van der Waals surface area (Å²) in [6.07, 6.45) is 3.59. The largest absolute Gasteiger partial charge is 0.479 e. The van der Waals surface area contributed by atoms with Crippen molar-refractivity contribution in [2.24, 2.45) is 0 Å². The van der Waals surface area contributed by atoms with Gasteiger partial charge in [-0.1, -0.05) is 28.1 Å². The minimum atomic E-state index is 0.192. The first-order valence-corrected chi connectivity index (χ1v) is 7.37. The third kappa shape index (κ3) is 2.57. The SMILES string of the molecule is COc1nc(N[C@H]2CCc3c(Br)cccc32)cnc1C#N. The lowest BCUT2D eigenvalue weighted by atomic mass is 10.1. The van der Waals surface area contributed by atoms with Crippen molar-refractivity contribution in [2.75, 3.05) is 12.4 Å². The zero-order valence-corrected chi connectivity index (χ0v) is 13.0. The first kappa shape index (κ1) is 13.8. The fraction of sp³-hybridized carbons (Fsp3) is 0.267. The van der Waals surface area contributed by atoms with Gasteiger partial charge in [0.05, 0.1) is 19.3 Å². The molecular formula is C15H13BrN4O. The molecule has 1 aliphatic rings. The third-order valence-corrected chi connectivity index (χ3v) is 4.32. The molecule has 5 nitrogen and oxygen atoms in total. The lowest BCUT2D eigenvalue weighted by molar-refractivity contribution is 0.394. The van der Waals surface area contributed by atoms with Gasteiger partial charge in [-0.2, -0.15) is 10.2 Å². The van der Waals surface area contributed by atoms with E-state index in [-0.39, 0.29) is 17.6 Å². The number of hydrogen-bond acceptors (Lipinski definition) is 5. The standard InChI is InChI=1S/C15H13BrN4O/c1-21-15-13(7-17)18-8-14(20-15)19-12-6-5-9-10(12)3-2-4-11(9)16/h2-4,8,12H,5-6H2,1H3,(H,19,20)/t12-/m0/s1. The molecule has 21 heavy (non-hydrogen) atoms. The number of methoxy groups -OCH3 is 1. The zero-order valence-electron chi connectivity index (χ0n) is 11.4. The van der Waals surface area contributed by atoms with E-state index in [1.807, 2.05) is 12.1 Å². The van der Waals surface area contributed by atoms with Gasteiger partial charge in [0.1, 0.15) is 11.9 Å². The van der Waals surface area contributed by atoms with Crippen LogP contribution in [0.15, 0.2) is 28.9 Å². The van der Waals surface area contributed by atoms with Gasteiger partial charge in [0.2, 0.25) is 5.69 Å². The van der Waals surface area contributed by atoms with Gasteiger partial charge in [0, 0.05) is 4.47 Å². The van der Waals surface area contributed by atoms with Crippen LogP contribution in [0.1, 0.15) is 29.3 Å². The molecule has 1 aromatic heterocycles. The van der Waals surface area contributed by atoms with Gasteiger partial charge in [-0.3, -0.25) is 0 Å². The smallest absolute Gasteiger partial charge is 0.252 e. The predicted octanol–water partition coefficient (Wildman–Crippen LogP) is 3.22. The molecule has 3 rings (SSSR count). The maximum atomic E-state index is 8.93. The molecule has 0 spiro atoms. The molecule has 1 aromatic carbocycles. The van der Waals surface area contributed by atoms with Crippen molar-refractivity contribution >= 4 is 21.7 Å². The first-order chi connectivity index (χ1) is 10.2. The summed E-state index contributed by atoms with van der Waals surface area (Å²) in [6, 6.07) is 8.38. The molecule has 0 saturated carbocycles. The molecule has 1 aliphatic carbocycles. The number of nitrogens with one attached hydrogen (secondary N) is 1. The molecule has 0 unspecified atom stereocenters. The first-order valence-electron chi connectivity index (χ1n) is 6.58. The number of hydrogen-bond donors (Lipinski definition) is 1. The summed E-state index contributed by atoms with van der Waals surface area (Å²) in [5, 5.41) is 12.3. The van der Waals surface area contributed by atoms with E-state index < -0.39 is 0 Å². The summed E-state index contributed by atoms with van der Waals surface area (Å²) >= 11 is 3.59. The van der Waals surface area contributed by atoms with Gasteiger partial charge < -0.3 is 10.1 Å². The van der Waals surface area contributed by atoms with E-state index in [0.29, 0.717) is 5.82 Å². The van der Waals surface area contributed by atoms with Crippen LogP contribution in [0.5, 0.6) is 5.88 Å². The molecule has 1 N–H and O–H groups in total. The lowest BCUT2D eigenvalue weighted by Gasteiger charge is -2.15. The Morgan fingerprint density at radius 1 is 1.48 bits per heavy atom. The van der Waals surface area contributed by atoms with Gasteiger partial charge >= 0.3 is 0 Å². The van der Waals surface area contributed by atoms with Crippen LogP contribution in [0.4, 0.5) is 5.82 Å². The van der Waals surface area contributed by atoms with Crippen LogP contribution in [0.3, 0.4) is 0 Å². The second-order valence-corrected chi connectivity index (χ2v) is 5.62. The third-order valence-electron chi connectivity index (χ3n) is 3.58. The van der Waals surface area contributed by atoms with Crippen LogP contribution in [-0.2, 0) is 6.42 Å². The summed E-state index contributed by atoms with van der Waals surface area (Å²) in [4.78, 5) is 8.35. The molecule has 0 radical (unpaired) electrons. The van der Waals surface area contributed by atoms with Crippen LogP contribution in [0.25, 0.3) is 0 Å². The summed E-state index contributed by atoms with van der Waals surface area (Å²) in [6.45, 7) is 0. The molecule has 0 fully saturated rings. The van der Waals surface area contributed by atoms with Crippen LogP contribution in [0.2, 0.25) is 0 Å². The number of aromatic nitrogens is 2. The van der Waals surface area contributed by atoms with Gasteiger partial charge in [0.25, 0.3) is 5.88 Å². The number of halogens is 1. The van der Waals surface area contributed by atoms with Gasteiger partial charge in [-0.25, -0.2) is 4.98 Å². The Morgan fingerprint density at radius 3 is 3.10 bits per heavy atom. The topological polar surface area (TPSA) is 70.8 Å². The summed E-state index contributed by atoms with van der Waals surface area (Å²) in [7, 11) is 1.48. The van der Waals surface area contributed by atoms with E-state index >= 15 is 0 Å². The molecule has 0 aliphatic heterocycles. The quantitative estimate of drug-likeness (QED) is 0.925. The van der Waals surface area contributed by atoms with E-state index in [4.69, 9.17) is 10.00 Å². The Morgan fingerprint density at radius 2 is 2.33 bits per heavy atom. The molecule has 6 heteroatoms. The molecule has 0 saturated heterocycles. The second kappa shape index (κ2) is 5.70. The van der Waals surface area contributed by atoms with Gasteiger partial charge in [0.15, 0.2) is 0 Å². The Labute approximate surface area is 131 Å². The van der Waals surface area contributed by atoms with Crippen molar-refractivity contribution in [3.05, 3.63) is 45.7 Å². The number of benzene rings is 1. The molecule has 106 valence electrons. The monoisotopic (exact) mass is 344 g/mol. The van der Waals surface area contributed by atoms with Crippen LogP contribution in [0, 0.1) is 11.3 Å². The highest BCUT2D eigenvalue weighted by Crippen LogP contribution is 2.37. The maximum absolute atomic E-state index is 8.93. The van der Waals surface area contributed by atoms with Crippen molar-refractivity contribution < 1.29 is 4.74 Å². The van der Waals surface area contributed by atoms with E-state index in [0.717, 1.165) is 17.3 Å². The Hall–Kier alpha value is -2.13. The van der Waals surface area contributed by atoms with E-state index in [1.54, 1.807) is 6.20 Å². The van der Waals surface area contributed by atoms with Crippen molar-refractivity contribution in [3.63, 3.8) is 0 Å². The zero-order chi connectivity index (χ0) is 14.8. The van der Waals surface area contributed by atoms with Crippen LogP contribution >= 0.6 is 15.9 Å². The summed E-state index contributed by atoms with van der Waals surface area (Å²) < 4.78 is 6.23. The molecular weight excluding hydrogens is 332 g/mol. The number of ether oxygens (including phenoxy) is 1. The second-order valence-electron chi connectivity index (χ2n) is 4.77. The van der Waals surface area contributed by atoms with Gasteiger partial charge in [-0.05, 0) is 30.0 Å². The molecule has 2 aromatic rings. The number of nitrogens with zero attached hydrogens (tertiary/aromatic N) is 3. The Balaban J connectivity index is 1.87. The van der Waals surface area contributed by atoms with Gasteiger partial charge in [-0.15, -0.1) is 0 Å². The van der Waals surface area contributed by atoms with E-state index in [1.165, 1.54) is 18.2 Å². The average Bonchev–Trinajstić information content (AvgIpc) is 2.92. The number of rotatable bonds is 3. The number of nitriles is 1. The fourth-order valence-electron chi connectivity index (χ4n) is 2.60. The number of anilines is 1. The summed E-state index contributed by atoms with van der Waals surface area (Å²) in [5.41, 5.74) is 2.80. The van der Waals surface area contributed by atoms with Crippen molar-refractivity contribution in [2.45, 2.75) is 18.9 Å². The van der Waals surface area contributed by atoms with Crippen molar-refractivity contribution in [1.29, 1.82) is 5.26 Å². The average molecular weight is 345 g/mol. The molecule has 0 amide bonds. The highest BCUT2D eigenvalue weighted by Gasteiger charge is 2.24. The Kier molecular flexibility index (Phi) is 3.76. The van der Waals surface area contributed by atoms with Crippen molar-refractivity contribution in [1.82, 2.24) is 9.97 Å². The minimum absolute atomic E-state index is 0.192. The predicted molar refractivity (Wildman–Crippen MR) is 82.1 cm³/mol. The highest BCUT2D eigenvalue weighted by molar-refractivity contribution is 9.10. The normalized spacial score (nSPS) is 16.1. The minimum Gasteiger partial charge on any atom is -0.479 e. The summed E-state index contributed by atoms with van der Waals surface area (Å²) in [5.74, 6) is 0.860. The Bertz CT molecular complexity index is 726. The molecule has 0 bridgehead atoms. The number of fused-ring (bicyclic) bond motifs is 1. The lowest BCUT2D eigenvalue weighted by Crippen LogP contribution is -2.10. The molecule has 1 atom stereocenters. The fourth-order valence-corrected chi connectivity index (χ4v) is 3.18. The van der Waals surface area contributed by atoms with E-state index in [9.17, 15) is 0 Å². The van der Waals surface area contributed by atoms with Crippen LogP contribution in [-0.4, -0.2) is 17.1 Å². The van der Waals surface area contributed by atoms with Crippen LogP contribution < -0.4 is 10.1 Å². The van der Waals surface area contributed by atoms with Crippen molar-refractivity contribution in [3.8, 4) is 11.9 Å². The highest BCUT2D eigenvalue weighted by atomic mass is 79.9. The van der Waals surface area contributed by atoms with E-state index in [2.05, 4.69) is 43.3 Å². The maximum Gasteiger partial charge on any atom is 0.252 e. The molecule has 1 heterocycles.